The first-order valence-electron chi connectivity index (χ1n) is 12.9. The number of nitrogens with zero attached hydrogens (tertiary/aromatic N) is 1. The number of aliphatic imine (C=N–C) groups is 1. The second kappa shape index (κ2) is 10.6. The molecule has 0 saturated carbocycles. The molecule has 5 aromatic carbocycles. The van der Waals surface area contributed by atoms with Crippen LogP contribution in [-0.4, -0.2) is 23.4 Å². The van der Waals surface area contributed by atoms with E-state index in [1.165, 1.54) is 5.56 Å². The average molecular weight is 506 g/mol. The highest BCUT2D eigenvalue weighted by molar-refractivity contribution is 6.58. The molecule has 0 spiro atoms. The van der Waals surface area contributed by atoms with Crippen LogP contribution in [0.25, 0.3) is 28.0 Å². The Labute approximate surface area is 228 Å². The predicted molar refractivity (Wildman–Crippen MR) is 160 cm³/mol. The van der Waals surface area contributed by atoms with Crippen molar-refractivity contribution in [2.45, 2.75) is 5.66 Å². The van der Waals surface area contributed by atoms with Gasteiger partial charge in [0.25, 0.3) is 0 Å². The molecule has 5 heteroatoms. The summed E-state index contributed by atoms with van der Waals surface area (Å²) in [5, 5.41) is 23.0. The van der Waals surface area contributed by atoms with Crippen LogP contribution in [0.15, 0.2) is 145 Å². The number of nitrogens with one attached hydrogen (secondary N) is 1. The fourth-order valence-corrected chi connectivity index (χ4v) is 5.02. The Morgan fingerprint density at radius 2 is 0.949 bits per heavy atom. The molecule has 1 atom stereocenters. The number of rotatable bonds is 6. The second-order valence-electron chi connectivity index (χ2n) is 9.58. The molecule has 39 heavy (non-hydrogen) atoms. The van der Waals surface area contributed by atoms with Gasteiger partial charge in [-0.05, 0) is 39.4 Å². The normalized spacial score (nSPS) is 16.3. The van der Waals surface area contributed by atoms with Crippen molar-refractivity contribution in [3.05, 3.63) is 156 Å². The Bertz CT molecular complexity index is 1610. The van der Waals surface area contributed by atoms with Gasteiger partial charge in [-0.25, -0.2) is 0 Å². The third-order valence-electron chi connectivity index (χ3n) is 7.16. The molecule has 0 bridgehead atoms. The van der Waals surface area contributed by atoms with Crippen molar-refractivity contribution in [2.24, 2.45) is 4.99 Å². The van der Waals surface area contributed by atoms with Crippen molar-refractivity contribution in [3.8, 4) is 22.3 Å². The second-order valence-corrected chi connectivity index (χ2v) is 9.58. The van der Waals surface area contributed by atoms with E-state index in [0.29, 0.717) is 5.46 Å². The molecule has 1 aliphatic heterocycles. The minimum Gasteiger partial charge on any atom is -0.423 e. The summed E-state index contributed by atoms with van der Waals surface area (Å²) in [6.07, 6.45) is 3.83. The molecule has 4 nitrogen and oxygen atoms in total. The summed E-state index contributed by atoms with van der Waals surface area (Å²) < 4.78 is 0. The Hall–Kier alpha value is -4.71. The fraction of sp³-hybridized carbons (Fsp3) is 0.0294. The molecule has 1 aliphatic rings. The zero-order valence-electron chi connectivity index (χ0n) is 21.3. The first-order chi connectivity index (χ1) is 19.1. The summed E-state index contributed by atoms with van der Waals surface area (Å²) in [5.74, 6) is 0. The van der Waals surface area contributed by atoms with Crippen LogP contribution in [0.5, 0.6) is 0 Å². The van der Waals surface area contributed by atoms with Gasteiger partial charge >= 0.3 is 7.12 Å². The Morgan fingerprint density at radius 1 is 0.513 bits per heavy atom. The first-order valence-corrected chi connectivity index (χ1v) is 12.9. The number of hydrogen-bond acceptors (Lipinski definition) is 4. The first kappa shape index (κ1) is 24.6. The van der Waals surface area contributed by atoms with Gasteiger partial charge in [-0.3, -0.25) is 4.99 Å². The van der Waals surface area contributed by atoms with Gasteiger partial charge in [-0.2, -0.15) is 0 Å². The van der Waals surface area contributed by atoms with E-state index in [9.17, 15) is 10.0 Å². The van der Waals surface area contributed by atoms with Crippen LogP contribution in [0.4, 0.5) is 0 Å². The van der Waals surface area contributed by atoms with E-state index in [-0.39, 0.29) is 0 Å². The molecular weight excluding hydrogens is 479 g/mol. The molecule has 0 amide bonds. The molecule has 6 rings (SSSR count). The topological polar surface area (TPSA) is 64.8 Å². The zero-order chi connectivity index (χ0) is 26.7. The van der Waals surface area contributed by atoms with E-state index in [0.717, 1.165) is 39.1 Å². The molecule has 5 aromatic rings. The van der Waals surface area contributed by atoms with Crippen molar-refractivity contribution in [3.63, 3.8) is 0 Å². The van der Waals surface area contributed by atoms with Crippen LogP contribution in [-0.2, 0) is 5.66 Å². The lowest BCUT2D eigenvalue weighted by Crippen LogP contribution is -2.43. The van der Waals surface area contributed by atoms with Gasteiger partial charge in [0.1, 0.15) is 0 Å². The van der Waals surface area contributed by atoms with Gasteiger partial charge < -0.3 is 15.4 Å². The van der Waals surface area contributed by atoms with Gasteiger partial charge in [0.15, 0.2) is 5.66 Å². The van der Waals surface area contributed by atoms with E-state index < -0.39 is 12.8 Å². The highest BCUT2D eigenvalue weighted by Crippen LogP contribution is 2.37. The van der Waals surface area contributed by atoms with Crippen LogP contribution in [0.3, 0.4) is 0 Å². The number of benzene rings is 5. The Kier molecular flexibility index (Phi) is 6.68. The third-order valence-corrected chi connectivity index (χ3v) is 7.16. The molecule has 0 radical (unpaired) electrons. The van der Waals surface area contributed by atoms with Gasteiger partial charge in [-0.1, -0.05) is 133 Å². The summed E-state index contributed by atoms with van der Waals surface area (Å²) in [7, 11) is -1.53. The number of allylic oxidation sites excluding steroid dienone is 1. The third kappa shape index (κ3) is 4.93. The SMILES string of the molecule is OB(O)c1ccc(C2(c3ccc(-c4ccccc4)cc3)N=CC=C(c3ccc(-c4ccccc4)cc3)N2)cc1. The summed E-state index contributed by atoms with van der Waals surface area (Å²) in [6, 6.07) is 44.8. The van der Waals surface area contributed by atoms with Crippen LogP contribution in [0.1, 0.15) is 16.7 Å². The van der Waals surface area contributed by atoms with Crippen molar-refractivity contribution >= 4 is 24.5 Å². The molecular formula is C34H27BN2O2. The van der Waals surface area contributed by atoms with E-state index >= 15 is 0 Å². The zero-order valence-corrected chi connectivity index (χ0v) is 21.3. The molecule has 0 aromatic heterocycles. The average Bonchev–Trinajstić information content (AvgIpc) is 3.02. The molecule has 0 aliphatic carbocycles. The van der Waals surface area contributed by atoms with Crippen LogP contribution in [0, 0.1) is 0 Å². The molecule has 1 unspecified atom stereocenters. The minimum absolute atomic E-state index is 0.431. The quantitative estimate of drug-likeness (QED) is 0.262. The van der Waals surface area contributed by atoms with Crippen molar-refractivity contribution < 1.29 is 10.0 Å². The summed E-state index contributed by atoms with van der Waals surface area (Å²) in [4.78, 5) is 4.98. The van der Waals surface area contributed by atoms with Crippen molar-refractivity contribution in [1.29, 1.82) is 0 Å². The number of hydrogen-bond donors (Lipinski definition) is 3. The van der Waals surface area contributed by atoms with Crippen molar-refractivity contribution in [2.75, 3.05) is 0 Å². The minimum atomic E-state index is -1.53. The van der Waals surface area contributed by atoms with E-state index in [4.69, 9.17) is 4.99 Å². The predicted octanol–water partition coefficient (Wildman–Crippen LogP) is 5.62. The van der Waals surface area contributed by atoms with E-state index in [1.54, 1.807) is 12.1 Å². The molecule has 3 N–H and O–H groups in total. The largest absolute Gasteiger partial charge is 0.488 e. The maximum atomic E-state index is 9.64. The van der Waals surface area contributed by atoms with Gasteiger partial charge in [0, 0.05) is 23.0 Å². The van der Waals surface area contributed by atoms with Crippen LogP contribution in [0.2, 0.25) is 0 Å². The smallest absolute Gasteiger partial charge is 0.423 e. The highest BCUT2D eigenvalue weighted by Gasteiger charge is 2.36. The molecule has 188 valence electrons. The Morgan fingerprint density at radius 3 is 1.46 bits per heavy atom. The maximum absolute atomic E-state index is 9.64. The monoisotopic (exact) mass is 506 g/mol. The van der Waals surface area contributed by atoms with Gasteiger partial charge in [0.05, 0.1) is 0 Å². The summed E-state index contributed by atoms with van der Waals surface area (Å²) in [5.41, 5.74) is 8.01. The van der Waals surface area contributed by atoms with E-state index in [1.807, 2.05) is 60.8 Å². The Balaban J connectivity index is 1.38. The fourth-order valence-electron chi connectivity index (χ4n) is 5.02. The lowest BCUT2D eigenvalue weighted by molar-refractivity contribution is 0.425. The maximum Gasteiger partial charge on any atom is 0.488 e. The van der Waals surface area contributed by atoms with Crippen LogP contribution >= 0.6 is 0 Å². The summed E-state index contributed by atoms with van der Waals surface area (Å²) in [6.45, 7) is 0. The molecule has 0 saturated heterocycles. The van der Waals surface area contributed by atoms with Crippen LogP contribution < -0.4 is 10.8 Å². The molecule has 0 fully saturated rings. The highest BCUT2D eigenvalue weighted by atomic mass is 16.4. The van der Waals surface area contributed by atoms with Crippen molar-refractivity contribution in [1.82, 2.24) is 5.32 Å². The van der Waals surface area contributed by atoms with Gasteiger partial charge in [-0.15, -0.1) is 0 Å². The lowest BCUT2D eigenvalue weighted by atomic mass is 9.78. The summed E-state index contributed by atoms with van der Waals surface area (Å²) >= 11 is 0. The molecule has 1 heterocycles. The lowest BCUT2D eigenvalue weighted by Gasteiger charge is -2.36. The van der Waals surface area contributed by atoms with Gasteiger partial charge in [0.2, 0.25) is 0 Å². The van der Waals surface area contributed by atoms with E-state index in [2.05, 4.69) is 78.1 Å². The standard InChI is InChI=1S/C34H27BN2O2/c38-35(39)32-21-19-31(20-22-32)34(30-17-15-28(16-18-30)26-9-5-2-6-10-26)36-24-23-33(37-34)29-13-11-27(12-14-29)25-7-3-1-4-8-25/h1-24,37-39H.